The summed E-state index contributed by atoms with van der Waals surface area (Å²) in [5, 5.41) is 11.9. The second-order valence-electron chi connectivity index (χ2n) is 7.97. The van der Waals surface area contributed by atoms with Gasteiger partial charge in [0.2, 0.25) is 0 Å². The molecule has 4 unspecified atom stereocenters. The van der Waals surface area contributed by atoms with Crippen LogP contribution in [0.15, 0.2) is 21.4 Å². The summed E-state index contributed by atoms with van der Waals surface area (Å²) < 4.78 is 2.63. The molecule has 3 heterocycles. The first kappa shape index (κ1) is 22.1. The van der Waals surface area contributed by atoms with Crippen molar-refractivity contribution < 1.29 is 9.90 Å². The van der Waals surface area contributed by atoms with Crippen LogP contribution in [-0.4, -0.2) is 34.8 Å². The smallest absolute Gasteiger partial charge is 0.304 e. The van der Waals surface area contributed by atoms with Gasteiger partial charge in [-0.2, -0.15) is 0 Å². The molecular formula is C20H32BrN3O3. The zero-order valence-corrected chi connectivity index (χ0v) is 17.9. The number of piperidine rings is 1. The predicted molar refractivity (Wildman–Crippen MR) is 111 cm³/mol. The fraction of sp³-hybridized carbons (Fsp3) is 0.700. The Morgan fingerprint density at radius 2 is 2.19 bits per heavy atom. The van der Waals surface area contributed by atoms with Gasteiger partial charge < -0.3 is 20.7 Å². The highest BCUT2D eigenvalue weighted by Crippen LogP contribution is 2.31. The predicted octanol–water partition coefficient (Wildman–Crippen LogP) is 2.93. The van der Waals surface area contributed by atoms with Crippen LogP contribution in [0.4, 0.5) is 0 Å². The Kier molecular flexibility index (Phi) is 8.51. The molecule has 6 nitrogen and oxygen atoms in total. The van der Waals surface area contributed by atoms with Crippen LogP contribution >= 0.6 is 15.9 Å². The van der Waals surface area contributed by atoms with Crippen molar-refractivity contribution in [1.29, 1.82) is 0 Å². The first-order valence-corrected chi connectivity index (χ1v) is 10.7. The second kappa shape index (κ2) is 10.4. The molecule has 4 N–H and O–H groups in total. The van der Waals surface area contributed by atoms with Crippen LogP contribution in [0.2, 0.25) is 0 Å². The number of halogens is 1. The molecule has 0 spiro atoms. The van der Waals surface area contributed by atoms with Crippen molar-refractivity contribution >= 4 is 21.9 Å². The molecule has 1 saturated heterocycles. The first-order valence-electron chi connectivity index (χ1n) is 9.89. The van der Waals surface area contributed by atoms with Crippen molar-refractivity contribution in [2.45, 2.75) is 64.5 Å². The highest BCUT2D eigenvalue weighted by Gasteiger charge is 2.30. The van der Waals surface area contributed by atoms with Crippen molar-refractivity contribution in [2.24, 2.45) is 17.6 Å². The SMILES string of the molecule is CCCC(C)CC(N)CC(=O)O.O=c1c(Br)ccc2n1CC1CNCC2C1. The summed E-state index contributed by atoms with van der Waals surface area (Å²) in [4.78, 5) is 22.2. The average Bonchev–Trinajstić information content (AvgIpc) is 2.59. The van der Waals surface area contributed by atoms with Gasteiger partial charge in [0.25, 0.3) is 5.56 Å². The van der Waals surface area contributed by atoms with E-state index in [2.05, 4.69) is 41.2 Å². The van der Waals surface area contributed by atoms with E-state index in [1.165, 1.54) is 12.1 Å². The number of hydrogen-bond donors (Lipinski definition) is 3. The number of pyridine rings is 1. The number of hydrogen-bond acceptors (Lipinski definition) is 4. The summed E-state index contributed by atoms with van der Waals surface area (Å²) in [5.74, 6) is 0.900. The number of aliphatic carboxylic acids is 1. The fourth-order valence-corrected chi connectivity index (χ4v) is 4.55. The van der Waals surface area contributed by atoms with Gasteiger partial charge >= 0.3 is 5.97 Å². The molecular weight excluding hydrogens is 410 g/mol. The maximum Gasteiger partial charge on any atom is 0.304 e. The van der Waals surface area contributed by atoms with Crippen LogP contribution in [0, 0.1) is 11.8 Å². The lowest BCUT2D eigenvalue weighted by Gasteiger charge is -2.37. The van der Waals surface area contributed by atoms with E-state index in [1.807, 2.05) is 10.6 Å². The lowest BCUT2D eigenvalue weighted by atomic mass is 9.84. The Balaban J connectivity index is 0.000000201. The second-order valence-corrected chi connectivity index (χ2v) is 8.82. The van der Waals surface area contributed by atoms with E-state index in [9.17, 15) is 9.59 Å². The molecule has 4 atom stereocenters. The van der Waals surface area contributed by atoms with Gasteiger partial charge in [-0.3, -0.25) is 9.59 Å². The molecule has 2 aliphatic heterocycles. The minimum absolute atomic E-state index is 0.0913. The van der Waals surface area contributed by atoms with E-state index in [0.29, 0.717) is 22.2 Å². The monoisotopic (exact) mass is 441 g/mol. The first-order chi connectivity index (χ1) is 12.8. The third-order valence-corrected chi connectivity index (χ3v) is 5.99. The van der Waals surface area contributed by atoms with Gasteiger partial charge in [0, 0.05) is 30.7 Å². The Hall–Kier alpha value is -1.18. The summed E-state index contributed by atoms with van der Waals surface area (Å²) >= 11 is 3.31. The van der Waals surface area contributed by atoms with Gasteiger partial charge in [-0.1, -0.05) is 26.7 Å². The summed E-state index contributed by atoms with van der Waals surface area (Å²) in [6.45, 7) is 7.17. The van der Waals surface area contributed by atoms with Crippen molar-refractivity contribution in [3.8, 4) is 0 Å². The van der Waals surface area contributed by atoms with Gasteiger partial charge in [0.05, 0.1) is 10.9 Å². The van der Waals surface area contributed by atoms with E-state index in [4.69, 9.17) is 10.8 Å². The number of carboxylic acid groups (broad SMARTS) is 1. The molecule has 0 aromatic carbocycles. The zero-order chi connectivity index (χ0) is 20.0. The van der Waals surface area contributed by atoms with E-state index in [1.54, 1.807) is 0 Å². The number of rotatable bonds is 6. The van der Waals surface area contributed by atoms with Crippen LogP contribution in [0.1, 0.15) is 57.6 Å². The highest BCUT2D eigenvalue weighted by atomic mass is 79.9. The van der Waals surface area contributed by atoms with Crippen molar-refractivity contribution in [2.75, 3.05) is 13.1 Å². The molecule has 0 amide bonds. The zero-order valence-electron chi connectivity index (χ0n) is 16.3. The lowest BCUT2D eigenvalue weighted by Crippen LogP contribution is -2.44. The molecule has 2 bridgehead atoms. The minimum atomic E-state index is -0.800. The Labute approximate surface area is 169 Å². The molecule has 0 aliphatic carbocycles. The maximum atomic E-state index is 11.9. The van der Waals surface area contributed by atoms with Gasteiger partial charge in [0.1, 0.15) is 0 Å². The highest BCUT2D eigenvalue weighted by molar-refractivity contribution is 9.10. The van der Waals surface area contributed by atoms with Gasteiger partial charge in [-0.05, 0) is 59.3 Å². The van der Waals surface area contributed by atoms with Crippen molar-refractivity contribution in [3.63, 3.8) is 0 Å². The Morgan fingerprint density at radius 3 is 2.85 bits per heavy atom. The average molecular weight is 442 g/mol. The van der Waals surface area contributed by atoms with Crippen molar-refractivity contribution in [3.05, 3.63) is 32.7 Å². The quantitative estimate of drug-likeness (QED) is 0.630. The molecule has 1 aromatic rings. The van der Waals surface area contributed by atoms with Crippen molar-refractivity contribution in [1.82, 2.24) is 9.88 Å². The molecule has 1 fully saturated rings. The third kappa shape index (κ3) is 6.43. The minimum Gasteiger partial charge on any atom is -0.481 e. The summed E-state index contributed by atoms with van der Waals surface area (Å²) in [6.07, 6.45) is 4.41. The number of carbonyl (C=O) groups is 1. The standard InChI is InChI=1S/C11H13BrN2O.C9H19NO2/c12-9-1-2-10-8-3-7(4-13-5-8)6-14(10)11(9)15;1-3-4-7(2)5-8(10)6-9(11)12/h1-2,7-8,13H,3-6H2;7-8H,3-6,10H2,1-2H3,(H,11,12). The Bertz CT molecular complexity index is 692. The molecule has 1 aromatic heterocycles. The molecule has 3 rings (SSSR count). The molecule has 7 heteroatoms. The van der Waals surface area contributed by atoms with Crippen LogP contribution in [0.25, 0.3) is 0 Å². The lowest BCUT2D eigenvalue weighted by molar-refractivity contribution is -0.137. The molecule has 27 heavy (non-hydrogen) atoms. The Morgan fingerprint density at radius 1 is 1.44 bits per heavy atom. The van der Waals surface area contributed by atoms with E-state index < -0.39 is 5.97 Å². The van der Waals surface area contributed by atoms with E-state index >= 15 is 0 Å². The number of nitrogens with one attached hydrogen (secondary N) is 1. The van der Waals surface area contributed by atoms with Crippen LogP contribution in [0.3, 0.4) is 0 Å². The van der Waals surface area contributed by atoms with Gasteiger partial charge in [-0.15, -0.1) is 0 Å². The summed E-state index contributed by atoms with van der Waals surface area (Å²) in [7, 11) is 0. The number of aromatic nitrogens is 1. The van der Waals surface area contributed by atoms with Crippen LogP contribution in [-0.2, 0) is 11.3 Å². The molecule has 152 valence electrons. The topological polar surface area (TPSA) is 97.4 Å². The van der Waals surface area contributed by atoms with E-state index in [0.717, 1.165) is 38.9 Å². The van der Waals surface area contributed by atoms with E-state index in [-0.39, 0.29) is 18.0 Å². The van der Waals surface area contributed by atoms with Gasteiger partial charge in [0.15, 0.2) is 0 Å². The largest absolute Gasteiger partial charge is 0.481 e. The maximum absolute atomic E-state index is 11.9. The molecule has 0 saturated carbocycles. The molecule has 2 aliphatic rings. The number of nitrogens with zero attached hydrogens (tertiary/aromatic N) is 1. The number of nitrogens with two attached hydrogens (primary N) is 1. The normalized spacial score (nSPS) is 22.8. The van der Waals surface area contributed by atoms with Gasteiger partial charge in [-0.25, -0.2) is 0 Å². The molecule has 0 radical (unpaired) electrons. The van der Waals surface area contributed by atoms with Crippen LogP contribution in [0.5, 0.6) is 0 Å². The third-order valence-electron chi connectivity index (χ3n) is 5.39. The summed E-state index contributed by atoms with van der Waals surface area (Å²) in [5.41, 5.74) is 6.95. The fourth-order valence-electron chi connectivity index (χ4n) is 4.20. The number of fused-ring (bicyclic) bond motifs is 4. The van der Waals surface area contributed by atoms with Crippen LogP contribution < -0.4 is 16.6 Å². The summed E-state index contributed by atoms with van der Waals surface area (Å²) in [6, 6.07) is 3.78. The number of carboxylic acids is 1.